The van der Waals surface area contributed by atoms with Gasteiger partial charge < -0.3 is 43.9 Å². The van der Waals surface area contributed by atoms with E-state index in [1.807, 2.05) is 0 Å². The summed E-state index contributed by atoms with van der Waals surface area (Å²) in [5.41, 5.74) is -2.00. The molecule has 3 atom stereocenters. The van der Waals surface area contributed by atoms with Gasteiger partial charge in [0.05, 0.1) is 33.8 Å². The molecular formula is C34H35ClN4O11. The predicted molar refractivity (Wildman–Crippen MR) is 174 cm³/mol. The number of ketones is 2. The van der Waals surface area contributed by atoms with Gasteiger partial charge in [0, 0.05) is 56.3 Å². The fourth-order valence-electron chi connectivity index (χ4n) is 6.67. The Hall–Kier alpha value is -5.31. The minimum Gasteiger partial charge on any atom is -0.507 e. The maximum atomic E-state index is 14.3. The molecule has 0 radical (unpaired) electrons. The van der Waals surface area contributed by atoms with Gasteiger partial charge in [0.25, 0.3) is 0 Å². The number of hydrogen-bond donors (Lipinski definition) is 3. The normalized spacial score (nSPS) is 20.7. The Kier molecular flexibility index (Phi) is 9.12. The molecule has 50 heavy (non-hydrogen) atoms. The summed E-state index contributed by atoms with van der Waals surface area (Å²) in [6.45, 7) is 3.87. The van der Waals surface area contributed by atoms with E-state index in [2.05, 4.69) is 15.5 Å². The number of carbonyl (C=O) groups is 4. The fourth-order valence-corrected chi connectivity index (χ4v) is 6.93. The van der Waals surface area contributed by atoms with Crippen LogP contribution in [-0.2, 0) is 20.9 Å². The first-order valence-corrected chi connectivity index (χ1v) is 16.1. The molecule has 3 heterocycles. The third-order valence-corrected chi connectivity index (χ3v) is 9.82. The third-order valence-electron chi connectivity index (χ3n) is 9.46. The minimum atomic E-state index is -2.08. The van der Waals surface area contributed by atoms with Crippen molar-refractivity contribution in [2.24, 2.45) is 5.92 Å². The van der Waals surface area contributed by atoms with Crippen LogP contribution in [0.1, 0.15) is 66.2 Å². The second-order valence-electron chi connectivity index (χ2n) is 12.4. The summed E-state index contributed by atoms with van der Waals surface area (Å²) in [7, 11) is 4.08. The Morgan fingerprint density at radius 2 is 1.80 bits per heavy atom. The van der Waals surface area contributed by atoms with E-state index in [4.69, 9.17) is 35.1 Å². The van der Waals surface area contributed by atoms with E-state index >= 15 is 0 Å². The van der Waals surface area contributed by atoms with Crippen LogP contribution in [0, 0.1) is 5.92 Å². The number of nitrogens with one attached hydrogen (secondary N) is 1. The summed E-state index contributed by atoms with van der Waals surface area (Å²) in [6.07, 6.45) is -0.610. The zero-order valence-corrected chi connectivity index (χ0v) is 28.6. The Morgan fingerprint density at radius 3 is 2.46 bits per heavy atom. The Balaban J connectivity index is 1.34. The molecule has 3 aromatic rings. The number of methoxy groups -OCH3 is 3. The average Bonchev–Trinajstić information content (AvgIpc) is 3.65. The van der Waals surface area contributed by atoms with Gasteiger partial charge in [-0.05, 0) is 17.7 Å². The van der Waals surface area contributed by atoms with Crippen LogP contribution in [0.5, 0.6) is 28.7 Å². The average molecular weight is 711 g/mol. The molecule has 2 aliphatic heterocycles. The Bertz CT molecular complexity index is 1940. The zero-order valence-electron chi connectivity index (χ0n) is 27.9. The number of amides is 2. The number of fused-ring (bicyclic) bond motifs is 1. The van der Waals surface area contributed by atoms with Crippen LogP contribution in [0.3, 0.4) is 0 Å². The maximum Gasteiger partial charge on any atom is 0.233 e. The lowest BCUT2D eigenvalue weighted by Gasteiger charge is -2.38. The van der Waals surface area contributed by atoms with Gasteiger partial charge in [0.1, 0.15) is 22.1 Å². The van der Waals surface area contributed by atoms with Gasteiger partial charge in [0.2, 0.25) is 29.1 Å². The lowest BCUT2D eigenvalue weighted by molar-refractivity contribution is -0.133. The standard InChI is InChI=1S/C34H35ClN4O11/c1-15-8-21(42)27(31(44)34(15)32(45)28-23(47-4)11-24(48-5)29(35)30(28)49-34)19(17-6-7-20(41)22(9-17)46-3)10-26(43)36-12-25-37-33(50-38-25)18-13-39(14-18)16(2)40/h6-7,9,11,15,18-19,41,44H,8,10,12-14H2,1-5H3,(H,36,43)/t15-,19?,34+/m1/s1. The topological polar surface area (TPSA) is 200 Å². The van der Waals surface area contributed by atoms with Crippen molar-refractivity contribution in [2.75, 3.05) is 34.4 Å². The number of nitrogens with zero attached hydrogens (tertiary/aromatic N) is 3. The number of ether oxygens (including phenoxy) is 4. The van der Waals surface area contributed by atoms with Gasteiger partial charge in [-0.3, -0.25) is 19.2 Å². The molecule has 15 nitrogen and oxygen atoms in total. The van der Waals surface area contributed by atoms with Crippen LogP contribution in [0.25, 0.3) is 0 Å². The van der Waals surface area contributed by atoms with E-state index in [0.717, 1.165) is 0 Å². The molecule has 1 fully saturated rings. The lowest BCUT2D eigenvalue weighted by Crippen LogP contribution is -2.53. The van der Waals surface area contributed by atoms with Gasteiger partial charge in [0.15, 0.2) is 34.6 Å². The number of aromatic nitrogens is 2. The molecule has 1 aromatic heterocycles. The van der Waals surface area contributed by atoms with Crippen molar-refractivity contribution in [3.05, 3.63) is 63.5 Å². The Labute approximate surface area is 291 Å². The minimum absolute atomic E-state index is 0.0238. The van der Waals surface area contributed by atoms with Crippen molar-refractivity contribution >= 4 is 35.0 Å². The van der Waals surface area contributed by atoms with Crippen molar-refractivity contribution < 1.29 is 52.9 Å². The van der Waals surface area contributed by atoms with Crippen molar-refractivity contribution in [1.82, 2.24) is 20.4 Å². The number of Topliss-reactive ketones (excluding diaryl/α,β-unsaturated/α-hetero) is 2. The number of phenolic OH excluding ortho intramolecular Hbond substituents is 1. The quantitative estimate of drug-likeness (QED) is 0.276. The van der Waals surface area contributed by atoms with E-state index in [1.54, 1.807) is 11.8 Å². The van der Waals surface area contributed by atoms with Crippen molar-refractivity contribution in [3.63, 3.8) is 0 Å². The third kappa shape index (κ3) is 5.64. The van der Waals surface area contributed by atoms with Crippen LogP contribution in [0.2, 0.25) is 5.02 Å². The number of likely N-dealkylation sites (tertiary alicyclic amines) is 1. The molecule has 3 N–H and O–H groups in total. The number of phenols is 1. The van der Waals surface area contributed by atoms with E-state index in [0.29, 0.717) is 24.5 Å². The number of aliphatic hydroxyl groups is 1. The molecule has 0 bridgehead atoms. The van der Waals surface area contributed by atoms with Crippen LogP contribution < -0.4 is 24.3 Å². The predicted octanol–water partition coefficient (Wildman–Crippen LogP) is 3.63. The molecule has 3 aliphatic rings. The second kappa shape index (κ2) is 13.2. The summed E-state index contributed by atoms with van der Waals surface area (Å²) >= 11 is 6.58. The summed E-state index contributed by atoms with van der Waals surface area (Å²) in [5, 5.41) is 29.0. The van der Waals surface area contributed by atoms with E-state index in [-0.39, 0.29) is 81.9 Å². The van der Waals surface area contributed by atoms with Gasteiger partial charge >= 0.3 is 0 Å². The number of aromatic hydroxyl groups is 1. The number of carbonyl (C=O) groups excluding carboxylic acids is 4. The molecule has 2 amide bonds. The van der Waals surface area contributed by atoms with Crippen molar-refractivity contribution in [1.29, 1.82) is 0 Å². The molecule has 1 saturated heterocycles. The van der Waals surface area contributed by atoms with Crippen LogP contribution in [0.15, 0.2) is 40.1 Å². The number of benzene rings is 2. The number of halogens is 1. The monoisotopic (exact) mass is 710 g/mol. The molecule has 6 rings (SSSR count). The summed E-state index contributed by atoms with van der Waals surface area (Å²) in [4.78, 5) is 59.2. The smallest absolute Gasteiger partial charge is 0.233 e. The molecular weight excluding hydrogens is 676 g/mol. The van der Waals surface area contributed by atoms with Gasteiger partial charge in [-0.25, -0.2) is 0 Å². The molecule has 0 saturated carbocycles. The van der Waals surface area contributed by atoms with Crippen molar-refractivity contribution in [3.8, 4) is 28.7 Å². The lowest BCUT2D eigenvalue weighted by atomic mass is 9.69. The maximum absolute atomic E-state index is 14.3. The van der Waals surface area contributed by atoms with E-state index < -0.39 is 40.7 Å². The molecule has 2 aromatic carbocycles. The molecule has 264 valence electrons. The van der Waals surface area contributed by atoms with Crippen LogP contribution in [0.4, 0.5) is 0 Å². The first-order chi connectivity index (χ1) is 23.8. The highest BCUT2D eigenvalue weighted by atomic mass is 35.5. The highest BCUT2D eigenvalue weighted by Crippen LogP contribution is 2.56. The SMILES string of the molecule is COc1cc(C(CC(=O)NCc2noc(C3CN(C(C)=O)C3)n2)C2=C(O)[C@@]3(Oc4c(Cl)c(OC)cc(OC)c4C3=O)[C@H](C)CC2=O)ccc1O. The first kappa shape index (κ1) is 34.5. The van der Waals surface area contributed by atoms with Crippen LogP contribution in [-0.4, -0.2) is 88.7 Å². The largest absolute Gasteiger partial charge is 0.507 e. The van der Waals surface area contributed by atoms with Gasteiger partial charge in [-0.2, -0.15) is 4.98 Å². The van der Waals surface area contributed by atoms with Gasteiger partial charge in [-0.1, -0.05) is 29.7 Å². The van der Waals surface area contributed by atoms with E-state index in [9.17, 15) is 29.4 Å². The molecule has 1 spiro atoms. The van der Waals surface area contributed by atoms with E-state index in [1.165, 1.54) is 52.5 Å². The summed E-state index contributed by atoms with van der Waals surface area (Å²) in [6, 6.07) is 5.69. The number of hydrogen-bond acceptors (Lipinski definition) is 13. The Morgan fingerprint density at radius 1 is 1.10 bits per heavy atom. The van der Waals surface area contributed by atoms with Crippen molar-refractivity contribution in [2.45, 2.75) is 50.7 Å². The fraction of sp³-hybridized carbons (Fsp3) is 0.412. The van der Waals surface area contributed by atoms with Crippen LogP contribution >= 0.6 is 11.6 Å². The first-order valence-electron chi connectivity index (χ1n) is 15.7. The summed E-state index contributed by atoms with van der Waals surface area (Å²) in [5.74, 6) is -3.98. The second-order valence-corrected chi connectivity index (χ2v) is 12.8. The van der Waals surface area contributed by atoms with Gasteiger partial charge in [-0.15, -0.1) is 0 Å². The summed E-state index contributed by atoms with van der Waals surface area (Å²) < 4.78 is 27.7. The number of aliphatic hydroxyl groups excluding tert-OH is 1. The molecule has 1 aliphatic carbocycles. The zero-order chi connectivity index (χ0) is 36.1. The number of allylic oxidation sites excluding steroid dienone is 1. The number of rotatable bonds is 10. The molecule has 1 unspecified atom stereocenters. The highest BCUT2D eigenvalue weighted by Gasteiger charge is 2.61. The molecule has 16 heteroatoms. The highest BCUT2D eigenvalue weighted by molar-refractivity contribution is 6.35.